The van der Waals surface area contributed by atoms with E-state index in [0.29, 0.717) is 0 Å². The molecular formula is C12H6ClF3N2O3. The van der Waals surface area contributed by atoms with E-state index >= 15 is 0 Å². The first-order chi connectivity index (χ1) is 9.77. The quantitative estimate of drug-likeness (QED) is 0.476. The van der Waals surface area contributed by atoms with Gasteiger partial charge in [-0.1, -0.05) is 23.7 Å². The van der Waals surface area contributed by atoms with Crippen LogP contribution >= 0.6 is 11.6 Å². The molecule has 1 aromatic heterocycles. The van der Waals surface area contributed by atoms with Crippen molar-refractivity contribution < 1.29 is 22.8 Å². The molecule has 0 aliphatic rings. The zero-order valence-electron chi connectivity index (χ0n) is 10.1. The molecule has 0 amide bonds. The molecule has 0 atom stereocenters. The average Bonchev–Trinajstić information content (AvgIpc) is 2.37. The van der Waals surface area contributed by atoms with Crippen LogP contribution in [0.1, 0.15) is 5.56 Å². The summed E-state index contributed by atoms with van der Waals surface area (Å²) in [6.45, 7) is 0. The first-order valence-corrected chi connectivity index (χ1v) is 5.81. The molecule has 0 saturated heterocycles. The third kappa shape index (κ3) is 3.60. The fourth-order valence-corrected chi connectivity index (χ4v) is 1.72. The normalized spacial score (nSPS) is 11.2. The Morgan fingerprint density at radius 2 is 1.90 bits per heavy atom. The number of nitro groups is 1. The van der Waals surface area contributed by atoms with E-state index in [1.165, 1.54) is 12.1 Å². The van der Waals surface area contributed by atoms with Crippen LogP contribution in [-0.2, 0) is 6.18 Å². The minimum atomic E-state index is -4.62. The molecule has 0 spiro atoms. The second-order valence-electron chi connectivity index (χ2n) is 3.84. The highest BCUT2D eigenvalue weighted by atomic mass is 35.5. The van der Waals surface area contributed by atoms with E-state index in [1.807, 2.05) is 0 Å². The van der Waals surface area contributed by atoms with Crippen molar-refractivity contribution in [3.8, 4) is 11.6 Å². The first kappa shape index (κ1) is 15.0. The zero-order chi connectivity index (χ0) is 15.6. The Labute approximate surface area is 121 Å². The summed E-state index contributed by atoms with van der Waals surface area (Å²) >= 11 is 5.57. The van der Waals surface area contributed by atoms with Crippen molar-refractivity contribution in [2.75, 3.05) is 0 Å². The first-order valence-electron chi connectivity index (χ1n) is 5.43. The maximum atomic E-state index is 12.8. The lowest BCUT2D eigenvalue weighted by atomic mass is 10.2. The van der Waals surface area contributed by atoms with Crippen LogP contribution in [0.25, 0.3) is 0 Å². The smallest absolute Gasteiger partial charge is 0.419 e. The van der Waals surface area contributed by atoms with Gasteiger partial charge >= 0.3 is 6.18 Å². The number of ether oxygens (including phenoxy) is 1. The van der Waals surface area contributed by atoms with Gasteiger partial charge in [0.15, 0.2) is 0 Å². The fraction of sp³-hybridized carbons (Fsp3) is 0.0833. The Morgan fingerprint density at radius 3 is 2.52 bits per heavy atom. The minimum absolute atomic E-state index is 0.260. The Kier molecular flexibility index (Phi) is 3.99. The van der Waals surface area contributed by atoms with Crippen molar-refractivity contribution in [1.29, 1.82) is 0 Å². The molecule has 0 unspecified atom stereocenters. The number of rotatable bonds is 3. The van der Waals surface area contributed by atoms with Crippen LogP contribution in [0.3, 0.4) is 0 Å². The number of halogens is 4. The predicted molar refractivity (Wildman–Crippen MR) is 67.4 cm³/mol. The van der Waals surface area contributed by atoms with Gasteiger partial charge in [0, 0.05) is 0 Å². The van der Waals surface area contributed by atoms with Gasteiger partial charge in [0.05, 0.1) is 22.6 Å². The van der Waals surface area contributed by atoms with Crippen molar-refractivity contribution in [1.82, 2.24) is 4.98 Å². The van der Waals surface area contributed by atoms with Gasteiger partial charge in [0.1, 0.15) is 10.9 Å². The van der Waals surface area contributed by atoms with E-state index in [-0.39, 0.29) is 5.15 Å². The highest BCUT2D eigenvalue weighted by molar-refractivity contribution is 6.29. The summed E-state index contributed by atoms with van der Waals surface area (Å²) in [5.74, 6) is -0.917. The van der Waals surface area contributed by atoms with E-state index in [4.69, 9.17) is 16.3 Å². The number of nitrogens with zero attached hydrogens (tertiary/aromatic N) is 2. The van der Waals surface area contributed by atoms with Crippen molar-refractivity contribution in [3.63, 3.8) is 0 Å². The van der Waals surface area contributed by atoms with Gasteiger partial charge in [-0.3, -0.25) is 10.1 Å². The second kappa shape index (κ2) is 5.57. The lowest BCUT2D eigenvalue weighted by Crippen LogP contribution is -2.07. The molecule has 0 saturated carbocycles. The Hall–Kier alpha value is -2.35. The molecule has 0 bridgehead atoms. The molecule has 5 nitrogen and oxygen atoms in total. The maximum Gasteiger partial charge on any atom is 0.419 e. The van der Waals surface area contributed by atoms with Gasteiger partial charge in [-0.2, -0.15) is 13.2 Å². The molecule has 1 heterocycles. The van der Waals surface area contributed by atoms with Gasteiger partial charge in [-0.25, -0.2) is 4.98 Å². The van der Waals surface area contributed by atoms with Crippen LogP contribution in [-0.4, -0.2) is 9.91 Å². The molecule has 9 heteroatoms. The molecule has 1 aromatic carbocycles. The molecule has 0 aliphatic heterocycles. The van der Waals surface area contributed by atoms with E-state index in [0.717, 1.165) is 24.3 Å². The lowest BCUT2D eigenvalue weighted by Gasteiger charge is -2.12. The van der Waals surface area contributed by atoms with Gasteiger partial charge < -0.3 is 4.74 Å². The van der Waals surface area contributed by atoms with Crippen LogP contribution in [0, 0.1) is 10.1 Å². The van der Waals surface area contributed by atoms with Gasteiger partial charge in [0.2, 0.25) is 5.88 Å². The summed E-state index contributed by atoms with van der Waals surface area (Å²) in [7, 11) is 0. The molecule has 2 rings (SSSR count). The number of pyridine rings is 1. The van der Waals surface area contributed by atoms with Crippen molar-refractivity contribution in [2.24, 2.45) is 0 Å². The van der Waals surface area contributed by atoms with Crippen LogP contribution in [0.15, 0.2) is 36.4 Å². The van der Waals surface area contributed by atoms with Gasteiger partial charge in [-0.05, 0) is 12.1 Å². The van der Waals surface area contributed by atoms with Crippen LogP contribution in [0.4, 0.5) is 18.9 Å². The van der Waals surface area contributed by atoms with Crippen LogP contribution < -0.4 is 4.74 Å². The van der Waals surface area contributed by atoms with Gasteiger partial charge in [-0.15, -0.1) is 0 Å². The maximum absolute atomic E-state index is 12.8. The molecular weight excluding hydrogens is 313 g/mol. The molecule has 0 N–H and O–H groups in total. The summed E-state index contributed by atoms with van der Waals surface area (Å²) < 4.78 is 43.4. The summed E-state index contributed by atoms with van der Waals surface area (Å²) in [5, 5.41) is 10.4. The number of hydrogen-bond donors (Lipinski definition) is 0. The Morgan fingerprint density at radius 1 is 1.24 bits per heavy atom. The third-order valence-electron chi connectivity index (χ3n) is 2.37. The molecule has 2 aromatic rings. The van der Waals surface area contributed by atoms with E-state index < -0.39 is 34.0 Å². The van der Waals surface area contributed by atoms with E-state index in [2.05, 4.69) is 4.98 Å². The lowest BCUT2D eigenvalue weighted by molar-refractivity contribution is -0.385. The number of para-hydroxylation sites is 1. The third-order valence-corrected chi connectivity index (χ3v) is 2.57. The van der Waals surface area contributed by atoms with Crippen LogP contribution in [0.5, 0.6) is 11.6 Å². The number of benzene rings is 1. The van der Waals surface area contributed by atoms with Crippen molar-refractivity contribution in [2.45, 2.75) is 6.18 Å². The second-order valence-corrected chi connectivity index (χ2v) is 4.23. The Balaban J connectivity index is 2.42. The molecule has 110 valence electrons. The van der Waals surface area contributed by atoms with Crippen molar-refractivity contribution >= 4 is 17.3 Å². The summed E-state index contributed by atoms with van der Waals surface area (Å²) in [6, 6.07) is 6.29. The predicted octanol–water partition coefficient (Wildman–Crippen LogP) is 4.45. The SMILES string of the molecule is O=[N+]([O-])c1cc(Cl)nc(Oc2ccccc2C(F)(F)F)c1. The summed E-state index contributed by atoms with van der Waals surface area (Å²) in [6.07, 6.45) is -4.62. The number of hydrogen-bond acceptors (Lipinski definition) is 4. The zero-order valence-corrected chi connectivity index (χ0v) is 10.9. The average molecular weight is 319 g/mol. The van der Waals surface area contributed by atoms with E-state index in [9.17, 15) is 23.3 Å². The fourth-order valence-electron chi connectivity index (χ4n) is 1.52. The van der Waals surface area contributed by atoms with Crippen LogP contribution in [0.2, 0.25) is 5.15 Å². The Bertz CT molecular complexity index is 692. The molecule has 0 fully saturated rings. The van der Waals surface area contributed by atoms with Gasteiger partial charge in [0.25, 0.3) is 5.69 Å². The number of aromatic nitrogens is 1. The number of alkyl halides is 3. The van der Waals surface area contributed by atoms with E-state index in [1.54, 1.807) is 0 Å². The molecule has 0 radical (unpaired) electrons. The highest BCUT2D eigenvalue weighted by Gasteiger charge is 2.34. The monoisotopic (exact) mass is 318 g/mol. The summed E-state index contributed by atoms with van der Waals surface area (Å²) in [5.41, 5.74) is -1.45. The summed E-state index contributed by atoms with van der Waals surface area (Å²) in [4.78, 5) is 13.5. The standard InChI is InChI=1S/C12H6ClF3N2O3/c13-10-5-7(18(19)20)6-11(17-10)21-9-4-2-1-3-8(9)12(14,15)16/h1-6H. The topological polar surface area (TPSA) is 65.3 Å². The minimum Gasteiger partial charge on any atom is -0.438 e. The van der Waals surface area contributed by atoms with Crippen molar-refractivity contribution in [3.05, 3.63) is 57.2 Å². The molecule has 0 aliphatic carbocycles. The molecule has 21 heavy (non-hydrogen) atoms. The largest absolute Gasteiger partial charge is 0.438 e. The highest BCUT2D eigenvalue weighted by Crippen LogP contribution is 2.38.